The predicted octanol–water partition coefficient (Wildman–Crippen LogP) is 1.26. The molecule has 0 fully saturated rings. The Morgan fingerprint density at radius 3 is 2.82 bits per heavy atom. The molecule has 0 aliphatic heterocycles. The van der Waals surface area contributed by atoms with Gasteiger partial charge in [0.05, 0.1) is 0 Å². The third kappa shape index (κ3) is 4.19. The van der Waals surface area contributed by atoms with Gasteiger partial charge in [-0.05, 0) is 0 Å². The summed E-state index contributed by atoms with van der Waals surface area (Å²) in [7, 11) is 3.50. The van der Waals surface area contributed by atoms with Crippen LogP contribution < -0.4 is 10.2 Å². The van der Waals surface area contributed by atoms with Gasteiger partial charge in [-0.2, -0.15) is 0 Å². The lowest BCUT2D eigenvalue weighted by Gasteiger charge is -2.18. The number of rotatable bonds is 5. The molecule has 0 bridgehead atoms. The maximum Gasteiger partial charge on any atom is 0.221 e. The van der Waals surface area contributed by atoms with Crippen LogP contribution >= 0.6 is 11.6 Å². The maximum atomic E-state index is 11.1. The van der Waals surface area contributed by atoms with E-state index in [-0.39, 0.29) is 5.91 Å². The second-order valence-corrected chi connectivity index (χ2v) is 4.05. The van der Waals surface area contributed by atoms with Crippen molar-refractivity contribution in [2.75, 3.05) is 25.5 Å². The monoisotopic (exact) mass is 256 g/mol. The van der Waals surface area contributed by atoms with Crippen LogP contribution in [-0.4, -0.2) is 36.5 Å². The highest BCUT2D eigenvalue weighted by molar-refractivity contribution is 6.29. The Balaban J connectivity index is 2.71. The smallest absolute Gasteiger partial charge is 0.221 e. The minimum Gasteiger partial charge on any atom is -0.359 e. The van der Waals surface area contributed by atoms with Crippen molar-refractivity contribution < 1.29 is 4.79 Å². The molecule has 94 valence electrons. The van der Waals surface area contributed by atoms with Gasteiger partial charge in [0.25, 0.3) is 0 Å². The summed E-state index contributed by atoms with van der Waals surface area (Å²) in [6.45, 7) is 2.57. The number of aromatic nitrogens is 2. The van der Waals surface area contributed by atoms with Crippen LogP contribution in [0.1, 0.15) is 19.2 Å². The summed E-state index contributed by atoms with van der Waals surface area (Å²) < 4.78 is 0. The zero-order valence-electron chi connectivity index (χ0n) is 10.3. The molecule has 0 unspecified atom stereocenters. The fourth-order valence-electron chi connectivity index (χ4n) is 1.31. The molecule has 17 heavy (non-hydrogen) atoms. The Kier molecular flexibility index (Phi) is 5.15. The number of amides is 1. The van der Waals surface area contributed by atoms with Crippen LogP contribution in [0.4, 0.5) is 5.82 Å². The molecule has 0 aliphatic rings. The molecule has 1 aromatic rings. The number of hydrogen-bond acceptors (Lipinski definition) is 4. The Morgan fingerprint density at radius 2 is 2.24 bits per heavy atom. The number of hydrogen-bond donors (Lipinski definition) is 1. The standard InChI is InChI=1S/C11H17ClN4O/c1-4-9-14-8(12)7-10(15-9)16(3)6-5-11(17)13-2/h7H,4-6H2,1-3H3,(H,13,17). The van der Waals surface area contributed by atoms with E-state index in [0.29, 0.717) is 23.9 Å². The van der Waals surface area contributed by atoms with Crippen LogP contribution in [0.3, 0.4) is 0 Å². The minimum absolute atomic E-state index is 0.00715. The number of carbonyl (C=O) groups is 1. The van der Waals surface area contributed by atoms with Crippen molar-refractivity contribution in [2.45, 2.75) is 19.8 Å². The summed E-state index contributed by atoms with van der Waals surface area (Å²) in [5.74, 6) is 1.46. The van der Waals surface area contributed by atoms with Gasteiger partial charge >= 0.3 is 0 Å². The van der Waals surface area contributed by atoms with E-state index >= 15 is 0 Å². The van der Waals surface area contributed by atoms with Crippen LogP contribution in [0.15, 0.2) is 6.07 Å². The number of nitrogens with zero attached hydrogens (tertiary/aromatic N) is 3. The number of anilines is 1. The third-order valence-corrected chi connectivity index (χ3v) is 2.58. The first-order valence-electron chi connectivity index (χ1n) is 5.52. The summed E-state index contributed by atoms with van der Waals surface area (Å²) in [6.07, 6.45) is 1.16. The molecule has 0 spiro atoms. The zero-order chi connectivity index (χ0) is 12.8. The van der Waals surface area contributed by atoms with E-state index in [1.807, 2.05) is 18.9 Å². The first kappa shape index (κ1) is 13.7. The molecule has 0 aromatic carbocycles. The van der Waals surface area contributed by atoms with Crippen LogP contribution in [0.25, 0.3) is 0 Å². The van der Waals surface area contributed by atoms with Gasteiger partial charge in [0, 0.05) is 39.5 Å². The molecular formula is C11H17ClN4O. The largest absolute Gasteiger partial charge is 0.359 e. The SMILES string of the molecule is CCc1nc(Cl)cc(N(C)CCC(=O)NC)n1. The van der Waals surface area contributed by atoms with Gasteiger partial charge in [-0.15, -0.1) is 0 Å². The Bertz CT molecular complexity index is 397. The quantitative estimate of drug-likeness (QED) is 0.806. The topological polar surface area (TPSA) is 58.1 Å². The van der Waals surface area contributed by atoms with Crippen molar-refractivity contribution in [3.63, 3.8) is 0 Å². The molecule has 1 rings (SSSR count). The van der Waals surface area contributed by atoms with Gasteiger partial charge in [0.15, 0.2) is 0 Å². The highest BCUT2D eigenvalue weighted by Gasteiger charge is 2.08. The molecule has 1 aromatic heterocycles. The zero-order valence-corrected chi connectivity index (χ0v) is 11.1. The molecule has 1 heterocycles. The van der Waals surface area contributed by atoms with E-state index in [0.717, 1.165) is 12.2 Å². The molecule has 0 aliphatic carbocycles. The van der Waals surface area contributed by atoms with Crippen molar-refractivity contribution in [3.8, 4) is 0 Å². The Hall–Kier alpha value is -1.36. The predicted molar refractivity (Wildman–Crippen MR) is 68.4 cm³/mol. The normalized spacial score (nSPS) is 10.1. The molecule has 0 saturated heterocycles. The fraction of sp³-hybridized carbons (Fsp3) is 0.545. The summed E-state index contributed by atoms with van der Waals surface area (Å²) in [5, 5.41) is 3.01. The van der Waals surface area contributed by atoms with E-state index in [9.17, 15) is 4.79 Å². The summed E-state index contributed by atoms with van der Waals surface area (Å²) >= 11 is 5.91. The second kappa shape index (κ2) is 6.39. The number of halogens is 1. The summed E-state index contributed by atoms with van der Waals surface area (Å²) in [4.78, 5) is 21.5. The number of nitrogens with one attached hydrogen (secondary N) is 1. The average molecular weight is 257 g/mol. The Labute approximate surface area is 106 Å². The van der Waals surface area contributed by atoms with Crippen LogP contribution in [0, 0.1) is 0 Å². The number of carbonyl (C=O) groups excluding carboxylic acids is 1. The van der Waals surface area contributed by atoms with Crippen molar-refractivity contribution >= 4 is 23.3 Å². The van der Waals surface area contributed by atoms with Crippen LogP contribution in [-0.2, 0) is 11.2 Å². The number of aryl methyl sites for hydroxylation is 1. The van der Waals surface area contributed by atoms with Gasteiger partial charge in [-0.25, -0.2) is 9.97 Å². The van der Waals surface area contributed by atoms with E-state index < -0.39 is 0 Å². The van der Waals surface area contributed by atoms with Gasteiger partial charge < -0.3 is 10.2 Å². The lowest BCUT2D eigenvalue weighted by Crippen LogP contribution is -2.27. The molecule has 0 saturated carbocycles. The van der Waals surface area contributed by atoms with Gasteiger partial charge in [-0.1, -0.05) is 18.5 Å². The van der Waals surface area contributed by atoms with E-state index in [4.69, 9.17) is 11.6 Å². The van der Waals surface area contributed by atoms with Crippen LogP contribution in [0.5, 0.6) is 0 Å². The van der Waals surface area contributed by atoms with E-state index in [1.165, 1.54) is 0 Å². The highest BCUT2D eigenvalue weighted by atomic mass is 35.5. The van der Waals surface area contributed by atoms with Crippen molar-refractivity contribution in [1.29, 1.82) is 0 Å². The molecule has 5 nitrogen and oxygen atoms in total. The first-order valence-corrected chi connectivity index (χ1v) is 5.89. The van der Waals surface area contributed by atoms with Crippen LogP contribution in [0.2, 0.25) is 5.15 Å². The lowest BCUT2D eigenvalue weighted by molar-refractivity contribution is -0.120. The van der Waals surface area contributed by atoms with Gasteiger partial charge in [-0.3, -0.25) is 4.79 Å². The maximum absolute atomic E-state index is 11.1. The highest BCUT2D eigenvalue weighted by Crippen LogP contribution is 2.15. The molecular weight excluding hydrogens is 240 g/mol. The van der Waals surface area contributed by atoms with Crippen molar-refractivity contribution in [1.82, 2.24) is 15.3 Å². The lowest BCUT2D eigenvalue weighted by atomic mass is 10.3. The molecule has 1 amide bonds. The minimum atomic E-state index is 0.00715. The Morgan fingerprint density at radius 1 is 1.53 bits per heavy atom. The van der Waals surface area contributed by atoms with E-state index in [2.05, 4.69) is 15.3 Å². The molecule has 0 atom stereocenters. The molecule has 6 heteroatoms. The molecule has 1 N–H and O–H groups in total. The van der Waals surface area contributed by atoms with Crippen molar-refractivity contribution in [3.05, 3.63) is 17.0 Å². The summed E-state index contributed by atoms with van der Waals surface area (Å²) in [6, 6.07) is 1.70. The van der Waals surface area contributed by atoms with Gasteiger partial charge in [0.2, 0.25) is 5.91 Å². The van der Waals surface area contributed by atoms with E-state index in [1.54, 1.807) is 13.1 Å². The summed E-state index contributed by atoms with van der Waals surface area (Å²) in [5.41, 5.74) is 0. The average Bonchev–Trinajstić information content (AvgIpc) is 2.34. The fourth-order valence-corrected chi connectivity index (χ4v) is 1.51. The molecule has 0 radical (unpaired) electrons. The van der Waals surface area contributed by atoms with Crippen molar-refractivity contribution in [2.24, 2.45) is 0 Å². The third-order valence-electron chi connectivity index (χ3n) is 2.39. The first-order chi connectivity index (χ1) is 8.06. The van der Waals surface area contributed by atoms with Gasteiger partial charge in [0.1, 0.15) is 16.8 Å². The second-order valence-electron chi connectivity index (χ2n) is 3.66.